The number of hydrogen-bond acceptors (Lipinski definition) is 3. The van der Waals surface area contributed by atoms with Crippen molar-refractivity contribution in [2.45, 2.75) is 40.2 Å². The van der Waals surface area contributed by atoms with Gasteiger partial charge in [-0.15, -0.1) is 0 Å². The zero-order chi connectivity index (χ0) is 21.3. The highest BCUT2D eigenvalue weighted by atomic mass is 16.2. The van der Waals surface area contributed by atoms with Gasteiger partial charge in [-0.2, -0.15) is 0 Å². The zero-order valence-electron chi connectivity index (χ0n) is 17.8. The fourth-order valence-corrected chi connectivity index (χ4v) is 4.36. The average Bonchev–Trinajstić information content (AvgIpc) is 3.09. The fraction of sp³-hybridized carbons (Fsp3) is 0.375. The number of benzene rings is 2. The molecule has 2 amide bonds. The van der Waals surface area contributed by atoms with E-state index in [9.17, 15) is 9.59 Å². The number of para-hydroxylation sites is 2. The summed E-state index contributed by atoms with van der Waals surface area (Å²) in [4.78, 5) is 32.4. The molecule has 156 valence electrons. The maximum atomic E-state index is 13.0. The third-order valence-corrected chi connectivity index (χ3v) is 5.75. The van der Waals surface area contributed by atoms with E-state index < -0.39 is 0 Å². The number of rotatable bonds is 4. The molecular weight excluding hydrogens is 376 g/mol. The second-order valence-corrected chi connectivity index (χ2v) is 8.12. The van der Waals surface area contributed by atoms with Crippen LogP contribution in [0.25, 0.3) is 11.0 Å². The quantitative estimate of drug-likeness (QED) is 0.710. The van der Waals surface area contributed by atoms with Crippen molar-refractivity contribution in [1.29, 1.82) is 0 Å². The summed E-state index contributed by atoms with van der Waals surface area (Å²) in [7, 11) is 0. The van der Waals surface area contributed by atoms with Gasteiger partial charge >= 0.3 is 0 Å². The summed E-state index contributed by atoms with van der Waals surface area (Å²) in [6, 6.07) is 13.8. The molecule has 2 heterocycles. The molecule has 1 aliphatic heterocycles. The van der Waals surface area contributed by atoms with Gasteiger partial charge in [-0.3, -0.25) is 14.9 Å². The Kier molecular flexibility index (Phi) is 5.57. The molecule has 1 unspecified atom stereocenters. The lowest BCUT2D eigenvalue weighted by atomic mass is 9.96. The Morgan fingerprint density at radius 1 is 1.13 bits per heavy atom. The number of imidazole rings is 1. The maximum absolute atomic E-state index is 13.0. The molecule has 1 saturated heterocycles. The van der Waals surface area contributed by atoms with Crippen LogP contribution in [0.2, 0.25) is 0 Å². The van der Waals surface area contributed by atoms with Crippen LogP contribution < -0.4 is 5.32 Å². The van der Waals surface area contributed by atoms with E-state index in [0.717, 1.165) is 41.5 Å². The number of amides is 2. The van der Waals surface area contributed by atoms with E-state index in [1.807, 2.05) is 66.6 Å². The highest BCUT2D eigenvalue weighted by Crippen LogP contribution is 2.23. The van der Waals surface area contributed by atoms with Gasteiger partial charge in [0.1, 0.15) is 0 Å². The Morgan fingerprint density at radius 3 is 2.60 bits per heavy atom. The number of nitrogens with one attached hydrogen (secondary N) is 1. The summed E-state index contributed by atoms with van der Waals surface area (Å²) >= 11 is 0. The van der Waals surface area contributed by atoms with Crippen LogP contribution in [0.1, 0.15) is 41.3 Å². The van der Waals surface area contributed by atoms with Gasteiger partial charge in [0, 0.05) is 25.2 Å². The smallest absolute Gasteiger partial charge is 0.253 e. The second-order valence-electron chi connectivity index (χ2n) is 8.12. The van der Waals surface area contributed by atoms with E-state index >= 15 is 0 Å². The molecule has 6 heteroatoms. The predicted octanol–water partition coefficient (Wildman–Crippen LogP) is 4.16. The summed E-state index contributed by atoms with van der Waals surface area (Å²) in [5.74, 6) is 0.262. The molecule has 4 rings (SSSR count). The highest BCUT2D eigenvalue weighted by Gasteiger charge is 2.30. The molecule has 3 aromatic rings. The molecule has 0 aliphatic carbocycles. The lowest BCUT2D eigenvalue weighted by Crippen LogP contribution is -2.44. The summed E-state index contributed by atoms with van der Waals surface area (Å²) in [6.07, 6.45) is 1.59. The van der Waals surface area contributed by atoms with Gasteiger partial charge in [0.2, 0.25) is 11.9 Å². The Labute approximate surface area is 176 Å². The number of anilines is 1. The minimum Gasteiger partial charge on any atom is -0.338 e. The molecule has 6 nitrogen and oxygen atoms in total. The van der Waals surface area contributed by atoms with E-state index in [-0.39, 0.29) is 17.7 Å². The van der Waals surface area contributed by atoms with Gasteiger partial charge in [-0.25, -0.2) is 4.98 Å². The molecule has 1 N–H and O–H groups in total. The molecular formula is C24H28N4O2. The first-order valence-corrected chi connectivity index (χ1v) is 10.6. The van der Waals surface area contributed by atoms with Crippen molar-refractivity contribution in [3.8, 4) is 0 Å². The second kappa shape index (κ2) is 8.30. The fourth-order valence-electron chi connectivity index (χ4n) is 4.36. The van der Waals surface area contributed by atoms with Crippen molar-refractivity contribution in [1.82, 2.24) is 14.5 Å². The molecule has 1 atom stereocenters. The van der Waals surface area contributed by atoms with Crippen LogP contribution in [0.4, 0.5) is 5.95 Å². The lowest BCUT2D eigenvalue weighted by Gasteiger charge is -2.32. The van der Waals surface area contributed by atoms with Crippen LogP contribution in [0, 0.1) is 19.8 Å². The number of aryl methyl sites for hydroxylation is 3. The highest BCUT2D eigenvalue weighted by molar-refractivity contribution is 5.96. The summed E-state index contributed by atoms with van der Waals surface area (Å²) in [5, 5.41) is 3.01. The number of carbonyl (C=O) groups excluding carboxylic acids is 2. The van der Waals surface area contributed by atoms with Crippen LogP contribution in [-0.2, 0) is 11.3 Å². The van der Waals surface area contributed by atoms with Crippen LogP contribution in [0.15, 0.2) is 42.5 Å². The van der Waals surface area contributed by atoms with E-state index in [0.29, 0.717) is 24.6 Å². The predicted molar refractivity (Wildman–Crippen MR) is 119 cm³/mol. The number of hydrogen-bond donors (Lipinski definition) is 1. The monoisotopic (exact) mass is 404 g/mol. The van der Waals surface area contributed by atoms with E-state index in [1.54, 1.807) is 0 Å². The van der Waals surface area contributed by atoms with E-state index in [4.69, 9.17) is 0 Å². The topological polar surface area (TPSA) is 67.2 Å². The third kappa shape index (κ3) is 3.95. The number of carbonyl (C=O) groups is 2. The number of nitrogens with zero attached hydrogens (tertiary/aromatic N) is 3. The zero-order valence-corrected chi connectivity index (χ0v) is 17.8. The number of likely N-dealkylation sites (tertiary alicyclic amines) is 1. The first-order valence-electron chi connectivity index (χ1n) is 10.6. The van der Waals surface area contributed by atoms with Gasteiger partial charge in [-0.1, -0.05) is 29.3 Å². The van der Waals surface area contributed by atoms with Crippen LogP contribution in [-0.4, -0.2) is 39.4 Å². The SMILES string of the molecule is CCn1c(NC(=O)C2CCCN(C(=O)c3cc(C)cc(C)c3)C2)nc2ccccc21. The molecule has 30 heavy (non-hydrogen) atoms. The van der Waals surface area contributed by atoms with Crippen molar-refractivity contribution < 1.29 is 9.59 Å². The molecule has 0 bridgehead atoms. The molecule has 1 aromatic heterocycles. The molecule has 0 spiro atoms. The molecule has 1 fully saturated rings. The third-order valence-electron chi connectivity index (χ3n) is 5.75. The number of aromatic nitrogens is 2. The minimum atomic E-state index is -0.237. The average molecular weight is 405 g/mol. The summed E-state index contributed by atoms with van der Waals surface area (Å²) in [5.41, 5.74) is 4.71. The normalized spacial score (nSPS) is 16.6. The molecule has 0 saturated carbocycles. The maximum Gasteiger partial charge on any atom is 0.253 e. The summed E-state index contributed by atoms with van der Waals surface area (Å²) < 4.78 is 2.01. The van der Waals surface area contributed by atoms with Crippen molar-refractivity contribution in [3.05, 3.63) is 59.2 Å². The van der Waals surface area contributed by atoms with Crippen molar-refractivity contribution in [3.63, 3.8) is 0 Å². The van der Waals surface area contributed by atoms with Crippen molar-refractivity contribution in [2.75, 3.05) is 18.4 Å². The van der Waals surface area contributed by atoms with Crippen molar-refractivity contribution >= 4 is 28.8 Å². The van der Waals surface area contributed by atoms with Crippen molar-refractivity contribution in [2.24, 2.45) is 5.92 Å². The Bertz CT molecular complexity index is 1080. The molecule has 0 radical (unpaired) electrons. The molecule has 2 aromatic carbocycles. The van der Waals surface area contributed by atoms with Crippen LogP contribution in [0.3, 0.4) is 0 Å². The van der Waals surface area contributed by atoms with Gasteiger partial charge in [0.15, 0.2) is 0 Å². The largest absolute Gasteiger partial charge is 0.338 e. The van der Waals surface area contributed by atoms with Gasteiger partial charge in [0.05, 0.1) is 17.0 Å². The van der Waals surface area contributed by atoms with Gasteiger partial charge in [0.25, 0.3) is 5.91 Å². The Balaban J connectivity index is 1.49. The number of piperidine rings is 1. The summed E-state index contributed by atoms with van der Waals surface area (Å²) in [6.45, 7) is 7.87. The number of fused-ring (bicyclic) bond motifs is 1. The van der Waals surface area contributed by atoms with Gasteiger partial charge < -0.3 is 9.47 Å². The van der Waals surface area contributed by atoms with E-state index in [1.165, 1.54) is 0 Å². The standard InChI is InChI=1S/C24H28N4O2/c1-4-28-21-10-6-5-9-20(21)25-24(28)26-22(29)18-8-7-11-27(15-18)23(30)19-13-16(2)12-17(3)14-19/h5-6,9-10,12-14,18H,4,7-8,11,15H2,1-3H3,(H,25,26,29). The Hall–Kier alpha value is -3.15. The molecule has 1 aliphatic rings. The van der Waals surface area contributed by atoms with Crippen LogP contribution in [0.5, 0.6) is 0 Å². The van der Waals surface area contributed by atoms with E-state index in [2.05, 4.69) is 16.4 Å². The minimum absolute atomic E-state index is 0.0000896. The van der Waals surface area contributed by atoms with Gasteiger partial charge in [-0.05, 0) is 57.9 Å². The first kappa shape index (κ1) is 20.1. The van der Waals surface area contributed by atoms with Crippen LogP contribution >= 0.6 is 0 Å². The Morgan fingerprint density at radius 2 is 1.87 bits per heavy atom. The first-order chi connectivity index (χ1) is 14.5. The lowest BCUT2D eigenvalue weighted by molar-refractivity contribution is -0.121.